The van der Waals surface area contributed by atoms with E-state index in [1.165, 1.54) is 38.5 Å². The van der Waals surface area contributed by atoms with Crippen molar-refractivity contribution in [2.75, 3.05) is 26.4 Å². The Bertz CT molecular complexity index is 949. The lowest BCUT2D eigenvalue weighted by Gasteiger charge is -2.19. The van der Waals surface area contributed by atoms with Crippen LogP contribution in [0.2, 0.25) is 0 Å². The van der Waals surface area contributed by atoms with Gasteiger partial charge in [-0.05, 0) is 70.6 Å². The van der Waals surface area contributed by atoms with E-state index < -0.39 is 32.5 Å². The standard InChI is InChI=1S/C39H70NO8P/c1-3-5-7-9-11-13-15-16-17-18-19-20-22-24-26-28-30-32-39(42)48-37(36-47-49(43,44)46-34-33-40)35-45-38(41)31-29-27-25-23-21-14-12-10-8-6-4-2/h10-13,16-17,19-20,37H,3-9,14-15,18,21-36,40H2,1-2H3,(H,43,44). The van der Waals surface area contributed by atoms with E-state index in [2.05, 4.69) is 62.5 Å². The zero-order valence-corrected chi connectivity index (χ0v) is 31.8. The molecule has 0 bridgehead atoms. The third-order valence-electron chi connectivity index (χ3n) is 7.69. The maximum Gasteiger partial charge on any atom is 0.472 e. The van der Waals surface area contributed by atoms with Crippen molar-refractivity contribution in [3.63, 3.8) is 0 Å². The molecule has 9 nitrogen and oxygen atoms in total. The number of carbonyl (C=O) groups excluding carboxylic acids is 2. The van der Waals surface area contributed by atoms with Gasteiger partial charge in [0.25, 0.3) is 0 Å². The minimum absolute atomic E-state index is 0.0467. The maximum atomic E-state index is 12.5. The Morgan fingerprint density at radius 1 is 0.612 bits per heavy atom. The van der Waals surface area contributed by atoms with Crippen LogP contribution in [0.4, 0.5) is 0 Å². The SMILES string of the molecule is CCCCC=CCCCCCCCC(=O)OCC(COP(=O)(O)OCCN)OC(=O)CCCCCCC=CCC=CCC=CCCCCC. The Labute approximate surface area is 298 Å². The van der Waals surface area contributed by atoms with E-state index in [0.717, 1.165) is 83.5 Å². The molecule has 10 heteroatoms. The van der Waals surface area contributed by atoms with Gasteiger partial charge in [0.1, 0.15) is 6.61 Å². The number of hydrogen-bond donors (Lipinski definition) is 2. The second-order valence-corrected chi connectivity index (χ2v) is 13.9. The summed E-state index contributed by atoms with van der Waals surface area (Å²) >= 11 is 0. The second kappa shape index (κ2) is 35.8. The molecule has 0 fully saturated rings. The Kier molecular flexibility index (Phi) is 34.3. The molecule has 0 aromatic carbocycles. The maximum absolute atomic E-state index is 12.5. The van der Waals surface area contributed by atoms with Crippen molar-refractivity contribution in [3.05, 3.63) is 48.6 Å². The van der Waals surface area contributed by atoms with Crippen LogP contribution in [0.1, 0.15) is 155 Å². The molecule has 284 valence electrons. The first kappa shape index (κ1) is 47.0. The number of allylic oxidation sites excluding steroid dienone is 8. The van der Waals surface area contributed by atoms with Gasteiger partial charge in [-0.1, -0.05) is 120 Å². The van der Waals surface area contributed by atoms with Gasteiger partial charge in [0.2, 0.25) is 0 Å². The number of carbonyl (C=O) groups is 2. The van der Waals surface area contributed by atoms with Crippen LogP contribution in [0.15, 0.2) is 48.6 Å². The van der Waals surface area contributed by atoms with Crippen molar-refractivity contribution >= 4 is 19.8 Å². The van der Waals surface area contributed by atoms with Crippen molar-refractivity contribution in [2.45, 2.75) is 161 Å². The molecule has 0 saturated heterocycles. The fourth-order valence-electron chi connectivity index (χ4n) is 4.80. The number of nitrogens with two attached hydrogens (primary N) is 1. The summed E-state index contributed by atoms with van der Waals surface area (Å²) in [5, 5.41) is 0. The summed E-state index contributed by atoms with van der Waals surface area (Å²) in [6.45, 7) is 3.60. The summed E-state index contributed by atoms with van der Waals surface area (Å²) < 4.78 is 32.6. The van der Waals surface area contributed by atoms with Gasteiger partial charge < -0.3 is 20.1 Å². The number of phosphoric ester groups is 1. The van der Waals surface area contributed by atoms with Gasteiger partial charge in [0.15, 0.2) is 6.10 Å². The van der Waals surface area contributed by atoms with Crippen LogP contribution in [0.5, 0.6) is 0 Å². The molecule has 0 aromatic heterocycles. The summed E-state index contributed by atoms with van der Waals surface area (Å²) in [5.74, 6) is -0.871. The molecular formula is C39H70NO8P. The predicted octanol–water partition coefficient (Wildman–Crippen LogP) is 10.4. The predicted molar refractivity (Wildman–Crippen MR) is 201 cm³/mol. The number of unbranched alkanes of at least 4 members (excludes halogenated alkanes) is 14. The average molecular weight is 712 g/mol. The molecule has 49 heavy (non-hydrogen) atoms. The molecule has 0 aliphatic carbocycles. The van der Waals surface area contributed by atoms with Crippen LogP contribution >= 0.6 is 7.82 Å². The molecule has 0 amide bonds. The molecule has 0 aromatic rings. The third kappa shape index (κ3) is 35.6. The first-order chi connectivity index (χ1) is 23.8. The second-order valence-electron chi connectivity index (χ2n) is 12.4. The molecule has 0 radical (unpaired) electrons. The molecule has 0 heterocycles. The summed E-state index contributed by atoms with van der Waals surface area (Å²) in [6.07, 6.45) is 38.5. The zero-order valence-electron chi connectivity index (χ0n) is 30.9. The molecule has 0 spiro atoms. The Balaban J connectivity index is 4.28. The minimum atomic E-state index is -4.38. The summed E-state index contributed by atoms with van der Waals surface area (Å²) in [7, 11) is -4.38. The first-order valence-electron chi connectivity index (χ1n) is 19.1. The van der Waals surface area contributed by atoms with E-state index in [0.29, 0.717) is 6.42 Å². The van der Waals surface area contributed by atoms with Gasteiger partial charge in [-0.15, -0.1) is 0 Å². The molecular weight excluding hydrogens is 641 g/mol. The lowest BCUT2D eigenvalue weighted by Crippen LogP contribution is -2.29. The van der Waals surface area contributed by atoms with E-state index in [1.54, 1.807) is 0 Å². The molecule has 2 unspecified atom stereocenters. The van der Waals surface area contributed by atoms with E-state index >= 15 is 0 Å². The highest BCUT2D eigenvalue weighted by Gasteiger charge is 2.25. The van der Waals surface area contributed by atoms with Gasteiger partial charge in [0.05, 0.1) is 13.2 Å². The molecule has 2 atom stereocenters. The first-order valence-corrected chi connectivity index (χ1v) is 20.6. The largest absolute Gasteiger partial charge is 0.472 e. The Morgan fingerprint density at radius 2 is 1.08 bits per heavy atom. The lowest BCUT2D eigenvalue weighted by molar-refractivity contribution is -0.161. The number of ether oxygens (including phenoxy) is 2. The highest BCUT2D eigenvalue weighted by Crippen LogP contribution is 2.43. The van der Waals surface area contributed by atoms with Crippen LogP contribution in [-0.4, -0.2) is 49.3 Å². The normalized spacial score (nSPS) is 14.0. The van der Waals surface area contributed by atoms with Crippen molar-refractivity contribution in [3.8, 4) is 0 Å². The Morgan fingerprint density at radius 3 is 1.65 bits per heavy atom. The fourth-order valence-corrected chi connectivity index (χ4v) is 5.56. The van der Waals surface area contributed by atoms with Gasteiger partial charge in [-0.25, -0.2) is 4.57 Å². The van der Waals surface area contributed by atoms with Crippen molar-refractivity contribution in [2.24, 2.45) is 5.73 Å². The Hall–Kier alpha value is -2.03. The van der Waals surface area contributed by atoms with Crippen molar-refractivity contribution in [1.29, 1.82) is 0 Å². The van der Waals surface area contributed by atoms with Crippen LogP contribution in [0, 0.1) is 0 Å². The highest BCUT2D eigenvalue weighted by atomic mass is 31.2. The van der Waals surface area contributed by atoms with Crippen molar-refractivity contribution in [1.82, 2.24) is 0 Å². The number of esters is 2. The van der Waals surface area contributed by atoms with Crippen LogP contribution in [-0.2, 0) is 32.7 Å². The molecule has 0 rings (SSSR count). The molecule has 0 aliphatic heterocycles. The minimum Gasteiger partial charge on any atom is -0.462 e. The van der Waals surface area contributed by atoms with Gasteiger partial charge >= 0.3 is 19.8 Å². The summed E-state index contributed by atoms with van der Waals surface area (Å²) in [4.78, 5) is 34.7. The zero-order chi connectivity index (χ0) is 36.1. The average Bonchev–Trinajstić information content (AvgIpc) is 3.08. The number of rotatable bonds is 35. The van der Waals surface area contributed by atoms with Crippen molar-refractivity contribution < 1.29 is 37.6 Å². The number of phosphoric acid groups is 1. The monoisotopic (exact) mass is 711 g/mol. The van der Waals surface area contributed by atoms with E-state index in [1.807, 2.05) is 0 Å². The van der Waals surface area contributed by atoms with Crippen LogP contribution in [0.25, 0.3) is 0 Å². The van der Waals surface area contributed by atoms with Gasteiger partial charge in [-0.2, -0.15) is 0 Å². The third-order valence-corrected chi connectivity index (χ3v) is 8.67. The lowest BCUT2D eigenvalue weighted by atomic mass is 10.1. The number of hydrogen-bond acceptors (Lipinski definition) is 8. The van der Waals surface area contributed by atoms with Gasteiger partial charge in [0, 0.05) is 19.4 Å². The van der Waals surface area contributed by atoms with E-state index in [9.17, 15) is 19.0 Å². The van der Waals surface area contributed by atoms with Gasteiger partial charge in [-0.3, -0.25) is 18.6 Å². The molecule has 0 aliphatic rings. The van der Waals surface area contributed by atoms with Crippen LogP contribution in [0.3, 0.4) is 0 Å². The molecule has 3 N–H and O–H groups in total. The topological polar surface area (TPSA) is 134 Å². The fraction of sp³-hybridized carbons (Fsp3) is 0.744. The van der Waals surface area contributed by atoms with E-state index in [4.69, 9.17) is 24.3 Å². The smallest absolute Gasteiger partial charge is 0.462 e. The quantitative estimate of drug-likeness (QED) is 0.0285. The van der Waals surface area contributed by atoms with E-state index in [-0.39, 0.29) is 32.6 Å². The molecule has 0 saturated carbocycles. The summed E-state index contributed by atoms with van der Waals surface area (Å²) in [5.41, 5.74) is 5.33. The van der Waals surface area contributed by atoms with Crippen LogP contribution < -0.4 is 5.73 Å². The summed E-state index contributed by atoms with van der Waals surface area (Å²) in [6, 6.07) is 0. The highest BCUT2D eigenvalue weighted by molar-refractivity contribution is 7.47.